The predicted molar refractivity (Wildman–Crippen MR) is 73.2 cm³/mol. The van der Waals surface area contributed by atoms with Crippen molar-refractivity contribution in [2.75, 3.05) is 5.32 Å². The Balaban J connectivity index is 2.05. The van der Waals surface area contributed by atoms with Gasteiger partial charge in [0.25, 0.3) is 0 Å². The first-order valence-corrected chi connectivity index (χ1v) is 5.90. The van der Waals surface area contributed by atoms with Gasteiger partial charge in [0, 0.05) is 24.0 Å². The standard InChI is InChI=1S/C13H11ClN4/c1-18-6-5-11-12(15-8-16-13(11)18)17-10-4-2-3-9(14)7-10/h2-8H,1H3,(H,15,16,17). The van der Waals surface area contributed by atoms with Crippen LogP contribution in [0.15, 0.2) is 42.9 Å². The van der Waals surface area contributed by atoms with E-state index < -0.39 is 0 Å². The third-order valence-electron chi connectivity index (χ3n) is 2.75. The Kier molecular flexibility index (Phi) is 2.64. The van der Waals surface area contributed by atoms with Gasteiger partial charge in [-0.05, 0) is 24.3 Å². The number of halogens is 1. The summed E-state index contributed by atoms with van der Waals surface area (Å²) in [6.07, 6.45) is 3.51. The number of rotatable bonds is 2. The van der Waals surface area contributed by atoms with Gasteiger partial charge in [0.1, 0.15) is 17.8 Å². The molecule has 2 heterocycles. The van der Waals surface area contributed by atoms with Crippen LogP contribution >= 0.6 is 11.6 Å². The molecule has 0 aliphatic heterocycles. The van der Waals surface area contributed by atoms with Crippen molar-refractivity contribution >= 4 is 34.1 Å². The van der Waals surface area contributed by atoms with Crippen molar-refractivity contribution in [3.8, 4) is 0 Å². The van der Waals surface area contributed by atoms with E-state index in [9.17, 15) is 0 Å². The first-order chi connectivity index (χ1) is 8.74. The van der Waals surface area contributed by atoms with Crippen molar-refractivity contribution in [1.82, 2.24) is 14.5 Å². The van der Waals surface area contributed by atoms with Crippen LogP contribution in [0.1, 0.15) is 0 Å². The molecule has 0 spiro atoms. The number of nitrogens with one attached hydrogen (secondary N) is 1. The highest BCUT2D eigenvalue weighted by molar-refractivity contribution is 6.30. The molecule has 1 N–H and O–H groups in total. The minimum absolute atomic E-state index is 0.693. The number of aromatic nitrogens is 3. The molecule has 0 atom stereocenters. The quantitative estimate of drug-likeness (QED) is 0.766. The van der Waals surface area contributed by atoms with Crippen molar-refractivity contribution in [2.24, 2.45) is 7.05 Å². The molecule has 0 aliphatic carbocycles. The Hall–Kier alpha value is -2.07. The van der Waals surface area contributed by atoms with Crippen molar-refractivity contribution < 1.29 is 0 Å². The fraction of sp³-hybridized carbons (Fsp3) is 0.0769. The maximum Gasteiger partial charge on any atom is 0.145 e. The van der Waals surface area contributed by atoms with Crippen LogP contribution in [0.3, 0.4) is 0 Å². The summed E-state index contributed by atoms with van der Waals surface area (Å²) >= 11 is 5.96. The van der Waals surface area contributed by atoms with Crippen molar-refractivity contribution in [3.63, 3.8) is 0 Å². The average molecular weight is 259 g/mol. The van der Waals surface area contributed by atoms with E-state index in [1.165, 1.54) is 0 Å². The summed E-state index contributed by atoms with van der Waals surface area (Å²) in [6.45, 7) is 0. The summed E-state index contributed by atoms with van der Waals surface area (Å²) < 4.78 is 1.96. The number of hydrogen-bond donors (Lipinski definition) is 1. The second kappa shape index (κ2) is 4.31. The monoisotopic (exact) mass is 258 g/mol. The molecule has 0 unspecified atom stereocenters. The van der Waals surface area contributed by atoms with Gasteiger partial charge in [-0.2, -0.15) is 0 Å². The van der Waals surface area contributed by atoms with Gasteiger partial charge in [-0.1, -0.05) is 17.7 Å². The maximum absolute atomic E-state index is 5.96. The highest BCUT2D eigenvalue weighted by Crippen LogP contribution is 2.24. The van der Waals surface area contributed by atoms with E-state index in [2.05, 4.69) is 15.3 Å². The van der Waals surface area contributed by atoms with Gasteiger partial charge in [-0.3, -0.25) is 0 Å². The number of benzene rings is 1. The van der Waals surface area contributed by atoms with Gasteiger partial charge in [0.2, 0.25) is 0 Å². The molecule has 0 saturated carbocycles. The van der Waals surface area contributed by atoms with Gasteiger partial charge in [0.05, 0.1) is 5.39 Å². The lowest BCUT2D eigenvalue weighted by atomic mass is 10.3. The first kappa shape index (κ1) is 11.0. The fourth-order valence-electron chi connectivity index (χ4n) is 1.88. The van der Waals surface area contributed by atoms with Crippen molar-refractivity contribution in [3.05, 3.63) is 47.9 Å². The molecule has 5 heteroatoms. The zero-order valence-electron chi connectivity index (χ0n) is 9.76. The van der Waals surface area contributed by atoms with Gasteiger partial charge in [0.15, 0.2) is 0 Å². The molecule has 0 bridgehead atoms. The highest BCUT2D eigenvalue weighted by atomic mass is 35.5. The molecular formula is C13H11ClN4. The smallest absolute Gasteiger partial charge is 0.145 e. The third kappa shape index (κ3) is 1.91. The number of hydrogen-bond acceptors (Lipinski definition) is 3. The molecule has 0 radical (unpaired) electrons. The van der Waals surface area contributed by atoms with Crippen LogP contribution in [-0.2, 0) is 7.05 Å². The first-order valence-electron chi connectivity index (χ1n) is 5.52. The highest BCUT2D eigenvalue weighted by Gasteiger charge is 2.06. The van der Waals surface area contributed by atoms with Crippen LogP contribution in [-0.4, -0.2) is 14.5 Å². The molecule has 2 aromatic heterocycles. The van der Waals surface area contributed by atoms with E-state index in [-0.39, 0.29) is 0 Å². The lowest BCUT2D eigenvalue weighted by Crippen LogP contribution is -1.96. The molecule has 4 nitrogen and oxygen atoms in total. The molecule has 0 amide bonds. The van der Waals surface area contributed by atoms with E-state index in [1.54, 1.807) is 6.33 Å². The topological polar surface area (TPSA) is 42.7 Å². The number of nitrogens with zero attached hydrogens (tertiary/aromatic N) is 3. The SMILES string of the molecule is Cn1ccc2c(Nc3cccc(Cl)c3)ncnc21. The summed E-state index contributed by atoms with van der Waals surface area (Å²) in [5.41, 5.74) is 1.81. The van der Waals surface area contributed by atoms with Gasteiger partial charge in [-0.15, -0.1) is 0 Å². The molecular weight excluding hydrogens is 248 g/mol. The van der Waals surface area contributed by atoms with Crippen LogP contribution in [0.25, 0.3) is 11.0 Å². The van der Waals surface area contributed by atoms with Gasteiger partial charge >= 0.3 is 0 Å². The van der Waals surface area contributed by atoms with E-state index in [1.807, 2.05) is 48.1 Å². The third-order valence-corrected chi connectivity index (χ3v) is 2.98. The van der Waals surface area contributed by atoms with Crippen molar-refractivity contribution in [2.45, 2.75) is 0 Å². The van der Waals surface area contributed by atoms with E-state index in [4.69, 9.17) is 11.6 Å². The van der Waals surface area contributed by atoms with Crippen LogP contribution < -0.4 is 5.32 Å². The normalized spacial score (nSPS) is 10.8. The average Bonchev–Trinajstić information content (AvgIpc) is 2.73. The maximum atomic E-state index is 5.96. The molecule has 1 aromatic carbocycles. The lowest BCUT2D eigenvalue weighted by Gasteiger charge is -2.06. The van der Waals surface area contributed by atoms with Crippen LogP contribution in [0, 0.1) is 0 Å². The summed E-state index contributed by atoms with van der Waals surface area (Å²) in [6, 6.07) is 9.53. The number of aryl methyl sites for hydroxylation is 1. The Morgan fingerprint density at radius 2 is 2.11 bits per heavy atom. The lowest BCUT2D eigenvalue weighted by molar-refractivity contribution is 0.944. The Morgan fingerprint density at radius 3 is 2.94 bits per heavy atom. The van der Waals surface area contributed by atoms with Gasteiger partial charge in [-0.25, -0.2) is 9.97 Å². The van der Waals surface area contributed by atoms with Crippen molar-refractivity contribution in [1.29, 1.82) is 0 Å². The van der Waals surface area contributed by atoms with Crippen LogP contribution in [0.4, 0.5) is 11.5 Å². The fourth-order valence-corrected chi connectivity index (χ4v) is 2.07. The molecule has 3 rings (SSSR count). The predicted octanol–water partition coefficient (Wildman–Crippen LogP) is 3.37. The molecule has 0 fully saturated rings. The van der Waals surface area contributed by atoms with E-state index >= 15 is 0 Å². The summed E-state index contributed by atoms with van der Waals surface area (Å²) in [4.78, 5) is 8.51. The Labute approximate surface area is 109 Å². The second-order valence-electron chi connectivity index (χ2n) is 4.02. The Morgan fingerprint density at radius 1 is 1.22 bits per heavy atom. The molecule has 0 saturated heterocycles. The minimum Gasteiger partial charge on any atom is -0.340 e. The Bertz CT molecular complexity index is 705. The zero-order valence-corrected chi connectivity index (χ0v) is 10.5. The van der Waals surface area contributed by atoms with Gasteiger partial charge < -0.3 is 9.88 Å². The summed E-state index contributed by atoms with van der Waals surface area (Å²) in [5, 5.41) is 4.93. The van der Waals surface area contributed by atoms with E-state index in [0.717, 1.165) is 22.5 Å². The number of fused-ring (bicyclic) bond motifs is 1. The van der Waals surface area contributed by atoms with E-state index in [0.29, 0.717) is 5.02 Å². The van der Waals surface area contributed by atoms with Crippen LogP contribution in [0.5, 0.6) is 0 Å². The van der Waals surface area contributed by atoms with Crippen LogP contribution in [0.2, 0.25) is 5.02 Å². The number of anilines is 2. The summed E-state index contributed by atoms with van der Waals surface area (Å²) in [5.74, 6) is 0.780. The molecule has 3 aromatic rings. The summed E-state index contributed by atoms with van der Waals surface area (Å²) in [7, 11) is 1.96. The molecule has 90 valence electrons. The largest absolute Gasteiger partial charge is 0.340 e. The zero-order chi connectivity index (χ0) is 12.5. The molecule has 18 heavy (non-hydrogen) atoms. The molecule has 0 aliphatic rings. The minimum atomic E-state index is 0.693. The second-order valence-corrected chi connectivity index (χ2v) is 4.46.